The van der Waals surface area contributed by atoms with Crippen molar-refractivity contribution in [3.8, 4) is 0 Å². The van der Waals surface area contributed by atoms with Crippen LogP contribution in [0.5, 0.6) is 0 Å². The highest BCUT2D eigenvalue weighted by atomic mass is 35.5. The van der Waals surface area contributed by atoms with Crippen molar-refractivity contribution in [1.82, 2.24) is 4.98 Å². The molecule has 0 saturated carbocycles. The van der Waals surface area contributed by atoms with Crippen LogP contribution in [0.15, 0.2) is 42.6 Å². The maximum Gasteiger partial charge on any atom is 0.181 e. The number of anilines is 1. The van der Waals surface area contributed by atoms with Crippen molar-refractivity contribution >= 4 is 28.2 Å². The van der Waals surface area contributed by atoms with Crippen LogP contribution in [0.2, 0.25) is 5.02 Å². The van der Waals surface area contributed by atoms with E-state index in [1.54, 1.807) is 6.07 Å². The third-order valence-corrected chi connectivity index (χ3v) is 3.39. The topological polar surface area (TPSA) is 27.8 Å². The van der Waals surface area contributed by atoms with Crippen molar-refractivity contribution in [3.05, 3.63) is 64.8 Å². The Morgan fingerprint density at radius 3 is 2.85 bits per heavy atom. The minimum absolute atomic E-state index is 0.147. The Labute approximate surface area is 119 Å². The molecule has 2 nitrogen and oxygen atoms in total. The Morgan fingerprint density at radius 2 is 2.00 bits per heavy atom. The van der Waals surface area contributed by atoms with Crippen molar-refractivity contribution in [2.45, 2.75) is 6.54 Å². The molecule has 0 unspecified atom stereocenters. The summed E-state index contributed by atoms with van der Waals surface area (Å²) in [6, 6.07) is 9.58. The molecule has 0 aliphatic rings. The van der Waals surface area contributed by atoms with E-state index >= 15 is 0 Å². The first-order chi connectivity index (χ1) is 9.65. The van der Waals surface area contributed by atoms with Gasteiger partial charge in [0.15, 0.2) is 11.6 Å². The predicted octanol–water partition coefficient (Wildman–Crippen LogP) is 4.71. The maximum atomic E-state index is 13.5. The molecule has 1 aromatic heterocycles. The Balaban J connectivity index is 1.85. The largest absolute Gasteiger partial charge is 0.378 e. The van der Waals surface area contributed by atoms with Gasteiger partial charge in [-0.3, -0.25) is 0 Å². The summed E-state index contributed by atoms with van der Waals surface area (Å²) in [5.41, 5.74) is 2.02. The van der Waals surface area contributed by atoms with Crippen molar-refractivity contribution in [3.63, 3.8) is 0 Å². The molecule has 0 saturated heterocycles. The molecule has 2 N–H and O–H groups in total. The lowest BCUT2D eigenvalue weighted by Crippen LogP contribution is -2.02. The normalized spacial score (nSPS) is 10.9. The summed E-state index contributed by atoms with van der Waals surface area (Å²) < 4.78 is 26.6. The highest BCUT2D eigenvalue weighted by molar-refractivity contribution is 6.31. The lowest BCUT2D eigenvalue weighted by atomic mass is 10.1. The van der Waals surface area contributed by atoms with Crippen LogP contribution in [-0.4, -0.2) is 4.98 Å². The number of aromatic amines is 1. The fourth-order valence-corrected chi connectivity index (χ4v) is 2.31. The van der Waals surface area contributed by atoms with E-state index in [0.717, 1.165) is 22.5 Å². The van der Waals surface area contributed by atoms with E-state index in [9.17, 15) is 8.78 Å². The van der Waals surface area contributed by atoms with Gasteiger partial charge in [0, 0.05) is 28.7 Å². The van der Waals surface area contributed by atoms with Crippen LogP contribution < -0.4 is 5.32 Å². The Kier molecular flexibility index (Phi) is 3.32. The number of fused-ring (bicyclic) bond motifs is 1. The van der Waals surface area contributed by atoms with E-state index < -0.39 is 11.6 Å². The molecular weight excluding hydrogens is 282 g/mol. The standard InChI is InChI=1S/C15H11ClF2N2/c16-10-4-5-11-9(8-20-14(11)6-10)7-19-13-3-1-2-12(17)15(13)18/h1-6,8,19-20H,7H2. The lowest BCUT2D eigenvalue weighted by molar-refractivity contribution is 0.511. The van der Waals surface area contributed by atoms with Crippen LogP contribution >= 0.6 is 11.6 Å². The first-order valence-corrected chi connectivity index (χ1v) is 6.46. The maximum absolute atomic E-state index is 13.5. The van der Waals surface area contributed by atoms with Crippen molar-refractivity contribution in [1.29, 1.82) is 0 Å². The number of aromatic nitrogens is 1. The summed E-state index contributed by atoms with van der Waals surface area (Å²) in [6.45, 7) is 0.391. The van der Waals surface area contributed by atoms with Crippen LogP contribution in [0.4, 0.5) is 14.5 Å². The van der Waals surface area contributed by atoms with E-state index in [-0.39, 0.29) is 5.69 Å². The van der Waals surface area contributed by atoms with Gasteiger partial charge in [0.2, 0.25) is 0 Å². The van der Waals surface area contributed by atoms with Gasteiger partial charge in [0.1, 0.15) is 0 Å². The summed E-state index contributed by atoms with van der Waals surface area (Å²) in [5.74, 6) is -1.73. The van der Waals surface area contributed by atoms with Gasteiger partial charge in [0.05, 0.1) is 5.69 Å². The number of benzene rings is 2. The fourth-order valence-electron chi connectivity index (χ4n) is 2.14. The fraction of sp³-hybridized carbons (Fsp3) is 0.0667. The zero-order valence-electron chi connectivity index (χ0n) is 10.4. The molecule has 1 heterocycles. The van der Waals surface area contributed by atoms with Crippen LogP contribution in [0, 0.1) is 11.6 Å². The second-order valence-electron chi connectivity index (χ2n) is 4.46. The summed E-state index contributed by atoms with van der Waals surface area (Å²) >= 11 is 5.91. The Hall–Kier alpha value is -2.07. The molecule has 0 aliphatic carbocycles. The van der Waals surface area contributed by atoms with Crippen LogP contribution in [-0.2, 0) is 6.54 Å². The number of nitrogens with one attached hydrogen (secondary N) is 2. The van der Waals surface area contributed by atoms with E-state index in [4.69, 9.17) is 11.6 Å². The van der Waals surface area contributed by atoms with Crippen LogP contribution in [0.25, 0.3) is 10.9 Å². The molecule has 3 aromatic rings. The average Bonchev–Trinajstić information content (AvgIpc) is 2.83. The average molecular weight is 293 g/mol. The molecule has 0 atom stereocenters. The number of halogens is 3. The summed E-state index contributed by atoms with van der Waals surface area (Å²) in [7, 11) is 0. The smallest absolute Gasteiger partial charge is 0.181 e. The van der Waals surface area contributed by atoms with Gasteiger partial charge in [-0.1, -0.05) is 23.7 Å². The third-order valence-electron chi connectivity index (χ3n) is 3.15. The van der Waals surface area contributed by atoms with Crippen molar-refractivity contribution in [2.24, 2.45) is 0 Å². The molecule has 0 fully saturated rings. The van der Waals surface area contributed by atoms with Gasteiger partial charge >= 0.3 is 0 Å². The molecule has 3 rings (SSSR count). The molecule has 20 heavy (non-hydrogen) atoms. The van der Waals surface area contributed by atoms with Gasteiger partial charge in [-0.15, -0.1) is 0 Å². The summed E-state index contributed by atoms with van der Waals surface area (Å²) in [4.78, 5) is 3.10. The summed E-state index contributed by atoms with van der Waals surface area (Å²) in [5, 5.41) is 4.54. The van der Waals surface area contributed by atoms with E-state index in [0.29, 0.717) is 11.6 Å². The quantitative estimate of drug-likeness (QED) is 0.719. The van der Waals surface area contributed by atoms with Crippen LogP contribution in [0.1, 0.15) is 5.56 Å². The van der Waals surface area contributed by atoms with Gasteiger partial charge in [-0.25, -0.2) is 8.78 Å². The molecule has 0 aliphatic heterocycles. The number of hydrogen-bond acceptors (Lipinski definition) is 1. The second kappa shape index (κ2) is 5.13. The molecule has 0 amide bonds. The molecule has 0 spiro atoms. The van der Waals surface area contributed by atoms with Crippen LogP contribution in [0.3, 0.4) is 0 Å². The zero-order valence-corrected chi connectivity index (χ0v) is 11.1. The first kappa shape index (κ1) is 12.9. The van der Waals surface area contributed by atoms with E-state index in [1.165, 1.54) is 12.1 Å². The molecule has 102 valence electrons. The van der Waals surface area contributed by atoms with Gasteiger partial charge < -0.3 is 10.3 Å². The first-order valence-electron chi connectivity index (χ1n) is 6.08. The monoisotopic (exact) mass is 292 g/mol. The Morgan fingerprint density at radius 1 is 1.15 bits per heavy atom. The minimum Gasteiger partial charge on any atom is -0.378 e. The zero-order chi connectivity index (χ0) is 14.1. The SMILES string of the molecule is Fc1cccc(NCc2c[nH]c3cc(Cl)ccc23)c1F. The number of rotatable bonds is 3. The van der Waals surface area contributed by atoms with Crippen molar-refractivity contribution < 1.29 is 8.78 Å². The highest BCUT2D eigenvalue weighted by Crippen LogP contribution is 2.23. The summed E-state index contributed by atoms with van der Waals surface area (Å²) in [6.07, 6.45) is 1.82. The predicted molar refractivity (Wildman–Crippen MR) is 77.0 cm³/mol. The van der Waals surface area contributed by atoms with Gasteiger partial charge in [-0.2, -0.15) is 0 Å². The second-order valence-corrected chi connectivity index (χ2v) is 4.90. The van der Waals surface area contributed by atoms with Crippen molar-refractivity contribution in [2.75, 3.05) is 5.32 Å². The Bertz CT molecular complexity index is 768. The third kappa shape index (κ3) is 2.34. The molecule has 5 heteroatoms. The van der Waals surface area contributed by atoms with Gasteiger partial charge in [0.25, 0.3) is 0 Å². The molecular formula is C15H11ClF2N2. The van der Waals surface area contributed by atoms with Gasteiger partial charge in [-0.05, 0) is 29.8 Å². The van der Waals surface area contributed by atoms with E-state index in [1.807, 2.05) is 18.3 Å². The highest BCUT2D eigenvalue weighted by Gasteiger charge is 2.08. The lowest BCUT2D eigenvalue weighted by Gasteiger charge is -2.07. The van der Waals surface area contributed by atoms with E-state index in [2.05, 4.69) is 10.3 Å². The molecule has 2 aromatic carbocycles. The number of hydrogen-bond donors (Lipinski definition) is 2. The molecule has 0 bridgehead atoms. The molecule has 0 radical (unpaired) electrons. The number of H-pyrrole nitrogens is 1. The minimum atomic E-state index is -0.865.